The molecule has 2 heteroatoms. The summed E-state index contributed by atoms with van der Waals surface area (Å²) in [5, 5.41) is 5.09. The standard InChI is InChI=1S/C60H38N2/c1-3-12-39(13-4-1)40-22-28-45(29-23-40)57-38-56(44-15-5-2-6-16-44)61-60(62-57)47-32-26-43(27-33-47)50-35-34-41-14-7-8-17-49(41)58(50)46-30-24-42(25-31-46)48-36-37-55-52-19-10-9-18-51(52)54-21-11-20-53(48)59(54)55/h1-38H. The molecule has 0 amide bonds. The summed E-state index contributed by atoms with van der Waals surface area (Å²) in [5.41, 5.74) is 19.7. The molecule has 0 atom stereocenters. The number of fused-ring (bicyclic) bond motifs is 4. The zero-order chi connectivity index (χ0) is 41.0. The molecule has 62 heavy (non-hydrogen) atoms. The highest BCUT2D eigenvalue weighted by atomic mass is 14.9. The van der Waals surface area contributed by atoms with Gasteiger partial charge in [-0.15, -0.1) is 0 Å². The minimum absolute atomic E-state index is 0.696. The first-order valence-electron chi connectivity index (χ1n) is 21.2. The third-order valence-electron chi connectivity index (χ3n) is 12.5. The Labute approximate surface area is 361 Å². The van der Waals surface area contributed by atoms with Crippen LogP contribution in [0.25, 0.3) is 122 Å². The molecule has 0 N–H and O–H groups in total. The Kier molecular flexibility index (Phi) is 8.53. The highest BCUT2D eigenvalue weighted by molar-refractivity contribution is 6.18. The van der Waals surface area contributed by atoms with Crippen molar-refractivity contribution >= 4 is 21.5 Å². The van der Waals surface area contributed by atoms with Crippen LogP contribution in [0.1, 0.15) is 0 Å². The molecule has 12 rings (SSSR count). The second-order valence-electron chi connectivity index (χ2n) is 16.1. The first-order valence-corrected chi connectivity index (χ1v) is 21.2. The van der Waals surface area contributed by atoms with Gasteiger partial charge in [0.25, 0.3) is 0 Å². The van der Waals surface area contributed by atoms with Gasteiger partial charge in [0.15, 0.2) is 5.82 Å². The van der Waals surface area contributed by atoms with Gasteiger partial charge in [-0.2, -0.15) is 0 Å². The molecule has 1 aromatic heterocycles. The fraction of sp³-hybridized carbons (Fsp3) is 0. The fourth-order valence-corrected chi connectivity index (χ4v) is 9.44. The van der Waals surface area contributed by atoms with Gasteiger partial charge in [0.1, 0.15) is 0 Å². The maximum atomic E-state index is 5.17. The van der Waals surface area contributed by atoms with Crippen molar-refractivity contribution in [2.45, 2.75) is 0 Å². The molecule has 0 saturated carbocycles. The summed E-state index contributed by atoms with van der Waals surface area (Å²) in [4.78, 5) is 10.3. The number of rotatable bonds is 7. The molecule has 11 aromatic rings. The van der Waals surface area contributed by atoms with E-state index >= 15 is 0 Å². The molecule has 10 aromatic carbocycles. The van der Waals surface area contributed by atoms with E-state index in [1.165, 1.54) is 82.7 Å². The predicted molar refractivity (Wildman–Crippen MR) is 260 cm³/mol. The normalized spacial score (nSPS) is 11.5. The number of aromatic nitrogens is 2. The van der Waals surface area contributed by atoms with Gasteiger partial charge in [0.05, 0.1) is 11.4 Å². The van der Waals surface area contributed by atoms with Gasteiger partial charge in [0, 0.05) is 16.7 Å². The van der Waals surface area contributed by atoms with Gasteiger partial charge < -0.3 is 0 Å². The van der Waals surface area contributed by atoms with Gasteiger partial charge in [0.2, 0.25) is 0 Å². The summed E-state index contributed by atoms with van der Waals surface area (Å²) in [5.74, 6) is 0.696. The first kappa shape index (κ1) is 35.7. The third kappa shape index (κ3) is 6.12. The molecule has 1 heterocycles. The van der Waals surface area contributed by atoms with Crippen LogP contribution in [0.5, 0.6) is 0 Å². The maximum absolute atomic E-state index is 5.17. The molecule has 0 saturated heterocycles. The molecule has 0 radical (unpaired) electrons. The molecular formula is C60H38N2. The Morgan fingerprint density at radius 1 is 0.242 bits per heavy atom. The van der Waals surface area contributed by atoms with Crippen LogP contribution in [0.3, 0.4) is 0 Å². The maximum Gasteiger partial charge on any atom is 0.160 e. The lowest BCUT2D eigenvalue weighted by Crippen LogP contribution is -1.96. The Morgan fingerprint density at radius 3 is 1.40 bits per heavy atom. The summed E-state index contributed by atoms with van der Waals surface area (Å²) >= 11 is 0. The molecule has 0 bridgehead atoms. The highest BCUT2D eigenvalue weighted by Gasteiger charge is 2.22. The minimum atomic E-state index is 0.696. The van der Waals surface area contributed by atoms with Crippen molar-refractivity contribution in [3.05, 3.63) is 231 Å². The minimum Gasteiger partial charge on any atom is -0.228 e. The second kappa shape index (κ2) is 14.8. The van der Waals surface area contributed by atoms with E-state index in [0.29, 0.717) is 5.82 Å². The van der Waals surface area contributed by atoms with Crippen LogP contribution in [-0.2, 0) is 0 Å². The van der Waals surface area contributed by atoms with Crippen molar-refractivity contribution in [1.82, 2.24) is 9.97 Å². The largest absolute Gasteiger partial charge is 0.228 e. The van der Waals surface area contributed by atoms with Crippen LogP contribution in [0.4, 0.5) is 0 Å². The average Bonchev–Trinajstić information content (AvgIpc) is 3.69. The lowest BCUT2D eigenvalue weighted by Gasteiger charge is -2.16. The molecule has 0 spiro atoms. The van der Waals surface area contributed by atoms with Gasteiger partial charge >= 0.3 is 0 Å². The lowest BCUT2D eigenvalue weighted by molar-refractivity contribution is 1.18. The molecule has 0 fully saturated rings. The molecule has 0 aliphatic heterocycles. The summed E-state index contributed by atoms with van der Waals surface area (Å²) in [6, 6.07) is 82.9. The van der Waals surface area contributed by atoms with Crippen LogP contribution < -0.4 is 0 Å². The van der Waals surface area contributed by atoms with Crippen LogP contribution in [0, 0.1) is 0 Å². The summed E-state index contributed by atoms with van der Waals surface area (Å²) in [7, 11) is 0. The number of nitrogens with zero attached hydrogens (tertiary/aromatic N) is 2. The first-order chi connectivity index (χ1) is 30.7. The summed E-state index contributed by atoms with van der Waals surface area (Å²) in [6.07, 6.45) is 0. The Bertz CT molecular complexity index is 3430. The average molecular weight is 787 g/mol. The van der Waals surface area contributed by atoms with Gasteiger partial charge in [-0.05, 0) is 94.4 Å². The van der Waals surface area contributed by atoms with E-state index in [4.69, 9.17) is 9.97 Å². The zero-order valence-electron chi connectivity index (χ0n) is 33.8. The second-order valence-corrected chi connectivity index (χ2v) is 16.1. The molecule has 1 aliphatic rings. The van der Waals surface area contributed by atoms with Crippen molar-refractivity contribution in [3.63, 3.8) is 0 Å². The van der Waals surface area contributed by atoms with Crippen LogP contribution in [0.15, 0.2) is 231 Å². The summed E-state index contributed by atoms with van der Waals surface area (Å²) in [6.45, 7) is 0. The SMILES string of the molecule is c1ccc(-c2ccc(-c3cc(-c4ccccc4)nc(-c4ccc(-c5ccc6ccccc6c5-c5ccc(-c6ccc7c8c(cccc68)-c6ccccc6-7)cc5)cc4)n3)cc2)cc1. The zero-order valence-corrected chi connectivity index (χ0v) is 33.8. The number of hydrogen-bond acceptors (Lipinski definition) is 2. The van der Waals surface area contributed by atoms with Gasteiger partial charge in [-0.25, -0.2) is 9.97 Å². The van der Waals surface area contributed by atoms with Crippen LogP contribution in [-0.4, -0.2) is 9.97 Å². The van der Waals surface area contributed by atoms with E-state index in [2.05, 4.69) is 218 Å². The Hall–Kier alpha value is -8.20. The van der Waals surface area contributed by atoms with E-state index in [1.807, 2.05) is 12.1 Å². The van der Waals surface area contributed by atoms with Crippen molar-refractivity contribution in [1.29, 1.82) is 0 Å². The lowest BCUT2D eigenvalue weighted by atomic mass is 9.88. The van der Waals surface area contributed by atoms with Gasteiger partial charge in [-0.3, -0.25) is 0 Å². The molecule has 2 nitrogen and oxygen atoms in total. The van der Waals surface area contributed by atoms with E-state index in [-0.39, 0.29) is 0 Å². The smallest absolute Gasteiger partial charge is 0.160 e. The van der Waals surface area contributed by atoms with Crippen LogP contribution in [0.2, 0.25) is 0 Å². The van der Waals surface area contributed by atoms with E-state index < -0.39 is 0 Å². The monoisotopic (exact) mass is 786 g/mol. The highest BCUT2D eigenvalue weighted by Crippen LogP contribution is 2.49. The molecule has 0 unspecified atom stereocenters. The third-order valence-corrected chi connectivity index (χ3v) is 12.5. The predicted octanol–water partition coefficient (Wildman–Crippen LogP) is 16.1. The van der Waals surface area contributed by atoms with Crippen molar-refractivity contribution in [3.8, 4) is 101 Å². The van der Waals surface area contributed by atoms with E-state index in [0.717, 1.165) is 33.6 Å². The molecular weight excluding hydrogens is 749 g/mol. The van der Waals surface area contributed by atoms with E-state index in [9.17, 15) is 0 Å². The van der Waals surface area contributed by atoms with Crippen molar-refractivity contribution in [2.75, 3.05) is 0 Å². The number of hydrogen-bond donors (Lipinski definition) is 0. The Morgan fingerprint density at radius 2 is 0.694 bits per heavy atom. The van der Waals surface area contributed by atoms with E-state index in [1.54, 1.807) is 0 Å². The number of benzene rings is 10. The fourth-order valence-electron chi connectivity index (χ4n) is 9.44. The quantitative estimate of drug-likeness (QED) is 0.161. The van der Waals surface area contributed by atoms with Crippen molar-refractivity contribution < 1.29 is 0 Å². The molecule has 1 aliphatic carbocycles. The summed E-state index contributed by atoms with van der Waals surface area (Å²) < 4.78 is 0. The van der Waals surface area contributed by atoms with Crippen LogP contribution >= 0.6 is 0 Å². The topological polar surface area (TPSA) is 25.8 Å². The Balaban J connectivity index is 0.918. The van der Waals surface area contributed by atoms with Gasteiger partial charge in [-0.1, -0.05) is 224 Å². The molecule has 288 valence electrons. The van der Waals surface area contributed by atoms with Crippen molar-refractivity contribution in [2.24, 2.45) is 0 Å².